The molecule has 0 aromatic heterocycles. The molecular weight excluding hydrogens is 283 g/mol. The Morgan fingerprint density at radius 1 is 0.889 bits per heavy atom. The number of halogens is 3. The second-order valence-corrected chi connectivity index (χ2v) is 4.35. The van der Waals surface area contributed by atoms with Gasteiger partial charge in [-0.15, -0.1) is 0 Å². The van der Waals surface area contributed by atoms with E-state index in [0.717, 1.165) is 0 Å². The summed E-state index contributed by atoms with van der Waals surface area (Å²) in [5, 5.41) is 25.5. The summed E-state index contributed by atoms with van der Waals surface area (Å²) in [4.78, 5) is 1.79. The SMILES string of the molecule is O=S(=O)(O)C(F)(F)F.OCCN(CCO)CCO. The van der Waals surface area contributed by atoms with Crippen LogP contribution in [0, 0.1) is 0 Å². The van der Waals surface area contributed by atoms with E-state index >= 15 is 0 Å². The Balaban J connectivity index is 0. The van der Waals surface area contributed by atoms with Crippen molar-refractivity contribution in [3.63, 3.8) is 0 Å². The highest BCUT2D eigenvalue weighted by atomic mass is 32.2. The van der Waals surface area contributed by atoms with E-state index in [1.807, 2.05) is 0 Å². The first kappa shape index (κ1) is 19.9. The van der Waals surface area contributed by atoms with E-state index in [1.165, 1.54) is 0 Å². The second-order valence-electron chi connectivity index (χ2n) is 2.93. The fourth-order valence-electron chi connectivity index (χ4n) is 0.760. The topological polar surface area (TPSA) is 118 Å². The molecule has 0 bridgehead atoms. The van der Waals surface area contributed by atoms with E-state index in [-0.39, 0.29) is 19.8 Å². The molecule has 0 spiro atoms. The molecule has 4 N–H and O–H groups in total. The lowest BCUT2D eigenvalue weighted by atomic mass is 10.4. The summed E-state index contributed by atoms with van der Waals surface area (Å²) in [5.41, 5.74) is -5.53. The third-order valence-electron chi connectivity index (χ3n) is 1.54. The highest BCUT2D eigenvalue weighted by molar-refractivity contribution is 7.86. The van der Waals surface area contributed by atoms with Gasteiger partial charge in [-0.05, 0) is 0 Å². The number of nitrogens with zero attached hydrogens (tertiary/aromatic N) is 1. The van der Waals surface area contributed by atoms with Crippen molar-refractivity contribution in [2.45, 2.75) is 5.51 Å². The maximum absolute atomic E-state index is 10.7. The van der Waals surface area contributed by atoms with Crippen LogP contribution in [0.1, 0.15) is 0 Å². The lowest BCUT2D eigenvalue weighted by Crippen LogP contribution is -2.32. The smallest absolute Gasteiger partial charge is 0.395 e. The molecule has 0 atom stereocenters. The van der Waals surface area contributed by atoms with Crippen molar-refractivity contribution >= 4 is 10.1 Å². The zero-order valence-electron chi connectivity index (χ0n) is 9.34. The zero-order valence-corrected chi connectivity index (χ0v) is 10.2. The van der Waals surface area contributed by atoms with Crippen LogP contribution in [0.4, 0.5) is 13.2 Å². The van der Waals surface area contributed by atoms with Crippen LogP contribution >= 0.6 is 0 Å². The zero-order chi connectivity index (χ0) is 14.8. The Labute approximate surface area is 102 Å². The van der Waals surface area contributed by atoms with Crippen LogP contribution in [0.25, 0.3) is 0 Å². The Kier molecular flexibility index (Phi) is 10.5. The normalized spacial score (nSPS) is 12.2. The summed E-state index contributed by atoms with van der Waals surface area (Å²) in [6, 6.07) is 0. The third kappa shape index (κ3) is 10.7. The Bertz CT molecular complexity index is 280. The average molecular weight is 299 g/mol. The van der Waals surface area contributed by atoms with Crippen LogP contribution < -0.4 is 0 Å². The number of aliphatic hydroxyl groups is 3. The predicted molar refractivity (Wildman–Crippen MR) is 55.3 cm³/mol. The van der Waals surface area contributed by atoms with Gasteiger partial charge < -0.3 is 15.3 Å². The van der Waals surface area contributed by atoms with Gasteiger partial charge in [0.25, 0.3) is 0 Å². The lowest BCUT2D eigenvalue weighted by molar-refractivity contribution is -0.0510. The fraction of sp³-hybridized carbons (Fsp3) is 1.00. The van der Waals surface area contributed by atoms with Crippen molar-refractivity contribution in [1.82, 2.24) is 4.90 Å². The summed E-state index contributed by atoms with van der Waals surface area (Å²) in [6.45, 7) is 1.75. The molecule has 0 radical (unpaired) electrons. The van der Waals surface area contributed by atoms with Gasteiger partial charge in [-0.25, -0.2) is 0 Å². The average Bonchev–Trinajstić information content (AvgIpc) is 2.16. The van der Waals surface area contributed by atoms with Gasteiger partial charge in [0.05, 0.1) is 19.8 Å². The van der Waals surface area contributed by atoms with Crippen LogP contribution in [0.2, 0.25) is 0 Å². The highest BCUT2D eigenvalue weighted by Crippen LogP contribution is 2.20. The van der Waals surface area contributed by atoms with Gasteiger partial charge in [0, 0.05) is 19.6 Å². The third-order valence-corrected chi connectivity index (χ3v) is 2.13. The Hall–Kier alpha value is -0.460. The molecule has 0 aromatic carbocycles. The van der Waals surface area contributed by atoms with Crippen LogP contribution in [0.15, 0.2) is 0 Å². The molecule has 0 saturated heterocycles. The van der Waals surface area contributed by atoms with Gasteiger partial charge in [0.1, 0.15) is 0 Å². The van der Waals surface area contributed by atoms with Gasteiger partial charge in [0.15, 0.2) is 0 Å². The van der Waals surface area contributed by atoms with E-state index in [4.69, 9.17) is 28.3 Å². The molecule has 0 aliphatic heterocycles. The molecule has 11 heteroatoms. The molecule has 0 aliphatic rings. The van der Waals surface area contributed by atoms with Crippen molar-refractivity contribution in [1.29, 1.82) is 0 Å². The van der Waals surface area contributed by atoms with Crippen molar-refractivity contribution in [3.8, 4) is 0 Å². The minimum absolute atomic E-state index is 0.0694. The van der Waals surface area contributed by atoms with Crippen LogP contribution in [0.5, 0.6) is 0 Å². The number of hydrogen-bond acceptors (Lipinski definition) is 6. The Morgan fingerprint density at radius 2 is 1.11 bits per heavy atom. The lowest BCUT2D eigenvalue weighted by Gasteiger charge is -2.17. The summed E-state index contributed by atoms with van der Waals surface area (Å²) in [6.07, 6.45) is 0. The Morgan fingerprint density at radius 3 is 1.22 bits per heavy atom. The molecule has 0 rings (SSSR count). The molecule has 0 amide bonds. The van der Waals surface area contributed by atoms with Gasteiger partial charge in [-0.2, -0.15) is 21.6 Å². The number of rotatable bonds is 6. The predicted octanol–water partition coefficient (Wildman–Crippen LogP) is -1.34. The first-order valence-corrected chi connectivity index (χ1v) is 6.12. The molecule has 0 fully saturated rings. The summed E-state index contributed by atoms with van der Waals surface area (Å²) >= 11 is 0. The highest BCUT2D eigenvalue weighted by Gasteiger charge is 2.44. The van der Waals surface area contributed by atoms with E-state index < -0.39 is 15.6 Å². The van der Waals surface area contributed by atoms with Crippen molar-refractivity contribution in [2.75, 3.05) is 39.5 Å². The minimum Gasteiger partial charge on any atom is -0.395 e. The molecule has 0 heterocycles. The van der Waals surface area contributed by atoms with E-state index in [9.17, 15) is 13.2 Å². The standard InChI is InChI=1S/C6H15NO3.CHF3O3S/c8-4-1-7(2-5-9)3-6-10;2-1(3,4)8(5,6)7/h8-10H,1-6H2;(H,5,6,7). The van der Waals surface area contributed by atoms with Crippen LogP contribution in [0.3, 0.4) is 0 Å². The monoisotopic (exact) mass is 299 g/mol. The first-order valence-electron chi connectivity index (χ1n) is 4.68. The number of alkyl halides is 3. The maximum atomic E-state index is 10.7. The summed E-state index contributed by atoms with van der Waals surface area (Å²) in [5.74, 6) is 0. The largest absolute Gasteiger partial charge is 0.522 e. The van der Waals surface area contributed by atoms with Gasteiger partial charge in [-0.3, -0.25) is 9.45 Å². The van der Waals surface area contributed by atoms with E-state index in [2.05, 4.69) is 0 Å². The molecule has 0 aromatic rings. The van der Waals surface area contributed by atoms with Crippen molar-refractivity contribution in [3.05, 3.63) is 0 Å². The van der Waals surface area contributed by atoms with Crippen molar-refractivity contribution < 1.29 is 41.5 Å². The van der Waals surface area contributed by atoms with Gasteiger partial charge in [-0.1, -0.05) is 0 Å². The minimum atomic E-state index is -5.84. The van der Waals surface area contributed by atoms with Gasteiger partial charge >= 0.3 is 15.6 Å². The molecule has 0 saturated carbocycles. The molecule has 7 nitrogen and oxygen atoms in total. The quantitative estimate of drug-likeness (QED) is 0.354. The number of aliphatic hydroxyl groups excluding tert-OH is 3. The fourth-order valence-corrected chi connectivity index (χ4v) is 0.760. The molecule has 112 valence electrons. The summed E-state index contributed by atoms with van der Waals surface area (Å²) in [7, 11) is -5.84. The van der Waals surface area contributed by atoms with Crippen LogP contribution in [-0.2, 0) is 10.1 Å². The van der Waals surface area contributed by atoms with E-state index in [0.29, 0.717) is 19.6 Å². The molecule has 0 unspecified atom stereocenters. The number of hydrogen-bond donors (Lipinski definition) is 4. The summed E-state index contributed by atoms with van der Waals surface area (Å²) < 4.78 is 57.5. The molecule has 0 aliphatic carbocycles. The van der Waals surface area contributed by atoms with Crippen molar-refractivity contribution in [2.24, 2.45) is 0 Å². The molecular formula is C7H16F3NO6S. The first-order chi connectivity index (χ1) is 8.10. The maximum Gasteiger partial charge on any atom is 0.522 e. The second kappa shape index (κ2) is 9.47. The van der Waals surface area contributed by atoms with E-state index in [1.54, 1.807) is 4.90 Å². The molecule has 18 heavy (non-hydrogen) atoms. The van der Waals surface area contributed by atoms with Gasteiger partial charge in [0.2, 0.25) is 0 Å². The van der Waals surface area contributed by atoms with Crippen LogP contribution in [-0.4, -0.2) is 78.2 Å².